The third kappa shape index (κ3) is 2.69. The van der Waals surface area contributed by atoms with Crippen molar-refractivity contribution in [2.24, 2.45) is 0 Å². The lowest BCUT2D eigenvalue weighted by Crippen LogP contribution is -2.52. The Hall–Kier alpha value is -0.610. The molecule has 0 bridgehead atoms. The lowest BCUT2D eigenvalue weighted by Gasteiger charge is -2.36. The summed E-state index contributed by atoms with van der Waals surface area (Å²) in [5.74, 6) is 0.162. The third-order valence-electron chi connectivity index (χ3n) is 2.53. The first-order chi connectivity index (χ1) is 6.54. The Bertz CT molecular complexity index is 198. The first kappa shape index (κ1) is 11.5. The first-order valence-electron chi connectivity index (χ1n) is 5.16. The molecule has 0 aromatic carbocycles. The summed E-state index contributed by atoms with van der Waals surface area (Å²) in [6.07, 6.45) is 0.290. The summed E-state index contributed by atoms with van der Waals surface area (Å²) in [6.45, 7) is 7.29. The van der Waals surface area contributed by atoms with Gasteiger partial charge in [-0.15, -0.1) is 0 Å². The zero-order valence-electron chi connectivity index (χ0n) is 9.41. The Morgan fingerprint density at radius 3 is 2.36 bits per heavy atom. The fourth-order valence-corrected chi connectivity index (χ4v) is 1.76. The molecule has 0 unspecified atom stereocenters. The molecule has 1 heterocycles. The number of hydrogen-bond donors (Lipinski definition) is 1. The quantitative estimate of drug-likeness (QED) is 0.694. The van der Waals surface area contributed by atoms with E-state index in [1.165, 1.54) is 0 Å². The van der Waals surface area contributed by atoms with E-state index in [1.54, 1.807) is 7.05 Å². The van der Waals surface area contributed by atoms with Crippen molar-refractivity contribution in [1.82, 2.24) is 10.2 Å². The monoisotopic (exact) mass is 200 g/mol. The molecule has 1 saturated heterocycles. The normalized spacial score (nSPS) is 30.1. The Labute approximate surface area is 85.6 Å². The smallest absolute Gasteiger partial charge is 0.239 e. The van der Waals surface area contributed by atoms with Gasteiger partial charge in [-0.1, -0.05) is 0 Å². The van der Waals surface area contributed by atoms with Crippen molar-refractivity contribution in [2.75, 3.05) is 20.1 Å². The molecule has 1 N–H and O–H groups in total. The highest BCUT2D eigenvalue weighted by atomic mass is 16.5. The van der Waals surface area contributed by atoms with E-state index in [-0.39, 0.29) is 24.2 Å². The second-order valence-electron chi connectivity index (χ2n) is 4.01. The molecule has 0 spiro atoms. The molecule has 1 aliphatic heterocycles. The van der Waals surface area contributed by atoms with E-state index in [4.69, 9.17) is 4.74 Å². The molecule has 3 atom stereocenters. The molecule has 1 rings (SSSR count). The summed E-state index contributed by atoms with van der Waals surface area (Å²) >= 11 is 0. The van der Waals surface area contributed by atoms with E-state index in [9.17, 15) is 4.79 Å². The average Bonchev–Trinajstić information content (AvgIpc) is 2.14. The van der Waals surface area contributed by atoms with Crippen molar-refractivity contribution >= 4 is 5.91 Å². The number of ether oxygens (including phenoxy) is 1. The predicted octanol–water partition coefficient (Wildman–Crippen LogP) is 0.230. The molecule has 0 aromatic rings. The highest BCUT2D eigenvalue weighted by Gasteiger charge is 2.27. The molecular formula is C10H20N2O2. The van der Waals surface area contributed by atoms with Crippen LogP contribution in [-0.4, -0.2) is 49.2 Å². The van der Waals surface area contributed by atoms with Crippen molar-refractivity contribution in [1.29, 1.82) is 0 Å². The largest absolute Gasteiger partial charge is 0.372 e. The predicted molar refractivity (Wildman–Crippen MR) is 55.1 cm³/mol. The van der Waals surface area contributed by atoms with Crippen LogP contribution in [-0.2, 0) is 9.53 Å². The van der Waals surface area contributed by atoms with E-state index in [0.29, 0.717) is 13.1 Å². The van der Waals surface area contributed by atoms with Gasteiger partial charge in [0.25, 0.3) is 0 Å². The maximum Gasteiger partial charge on any atom is 0.239 e. The Kier molecular flexibility index (Phi) is 3.89. The maximum atomic E-state index is 11.8. The topological polar surface area (TPSA) is 41.6 Å². The van der Waals surface area contributed by atoms with Crippen LogP contribution in [0.25, 0.3) is 0 Å². The Balaban J connectivity index is 2.54. The Morgan fingerprint density at radius 2 is 1.93 bits per heavy atom. The van der Waals surface area contributed by atoms with Crippen molar-refractivity contribution in [3.63, 3.8) is 0 Å². The van der Waals surface area contributed by atoms with Gasteiger partial charge < -0.3 is 15.0 Å². The standard InChI is InChI=1S/C10H20N2O2/c1-7-5-12(6-8(2)14-7)10(13)9(3)11-4/h7-9,11H,5-6H2,1-4H3/t7-,8+,9-/m0/s1. The molecule has 4 nitrogen and oxygen atoms in total. The number of amides is 1. The molecule has 14 heavy (non-hydrogen) atoms. The van der Waals surface area contributed by atoms with Crippen molar-refractivity contribution < 1.29 is 9.53 Å². The van der Waals surface area contributed by atoms with Gasteiger partial charge in [0, 0.05) is 13.1 Å². The highest BCUT2D eigenvalue weighted by Crippen LogP contribution is 2.11. The van der Waals surface area contributed by atoms with Gasteiger partial charge in [0.2, 0.25) is 5.91 Å². The first-order valence-corrected chi connectivity index (χ1v) is 5.16. The molecule has 0 aromatic heterocycles. The third-order valence-corrected chi connectivity index (χ3v) is 2.53. The number of morpholine rings is 1. The van der Waals surface area contributed by atoms with Gasteiger partial charge in [-0.3, -0.25) is 4.79 Å². The van der Waals surface area contributed by atoms with Crippen LogP contribution < -0.4 is 5.32 Å². The van der Waals surface area contributed by atoms with E-state index >= 15 is 0 Å². The van der Waals surface area contributed by atoms with E-state index in [2.05, 4.69) is 5.32 Å². The van der Waals surface area contributed by atoms with Crippen LogP contribution in [0.2, 0.25) is 0 Å². The Morgan fingerprint density at radius 1 is 1.43 bits per heavy atom. The number of nitrogens with zero attached hydrogens (tertiary/aromatic N) is 1. The van der Waals surface area contributed by atoms with Crippen LogP contribution >= 0.6 is 0 Å². The minimum atomic E-state index is -0.104. The second kappa shape index (κ2) is 4.75. The molecule has 0 radical (unpaired) electrons. The zero-order chi connectivity index (χ0) is 10.7. The summed E-state index contributed by atoms with van der Waals surface area (Å²) in [7, 11) is 1.80. The fraction of sp³-hybridized carbons (Fsp3) is 0.900. The lowest BCUT2D eigenvalue weighted by molar-refractivity contribution is -0.144. The van der Waals surface area contributed by atoms with Gasteiger partial charge >= 0.3 is 0 Å². The highest BCUT2D eigenvalue weighted by molar-refractivity contribution is 5.81. The molecule has 82 valence electrons. The van der Waals surface area contributed by atoms with Crippen LogP contribution in [0.5, 0.6) is 0 Å². The number of carbonyl (C=O) groups is 1. The molecular weight excluding hydrogens is 180 g/mol. The molecule has 4 heteroatoms. The lowest BCUT2D eigenvalue weighted by atomic mass is 10.2. The molecule has 1 aliphatic rings. The maximum absolute atomic E-state index is 11.8. The minimum Gasteiger partial charge on any atom is -0.372 e. The van der Waals surface area contributed by atoms with Crippen molar-refractivity contribution in [2.45, 2.75) is 39.0 Å². The van der Waals surface area contributed by atoms with Crippen LogP contribution in [0.3, 0.4) is 0 Å². The number of carbonyl (C=O) groups excluding carboxylic acids is 1. The molecule has 0 saturated carbocycles. The number of nitrogens with one attached hydrogen (secondary N) is 1. The summed E-state index contributed by atoms with van der Waals surface area (Å²) in [6, 6.07) is -0.104. The summed E-state index contributed by atoms with van der Waals surface area (Å²) in [5, 5.41) is 2.96. The van der Waals surface area contributed by atoms with E-state index in [1.807, 2.05) is 25.7 Å². The van der Waals surface area contributed by atoms with E-state index in [0.717, 1.165) is 0 Å². The van der Waals surface area contributed by atoms with Crippen molar-refractivity contribution in [3.8, 4) is 0 Å². The van der Waals surface area contributed by atoms with Gasteiger partial charge in [-0.2, -0.15) is 0 Å². The van der Waals surface area contributed by atoms with E-state index < -0.39 is 0 Å². The molecule has 1 amide bonds. The van der Waals surface area contributed by atoms with Gasteiger partial charge in [0.05, 0.1) is 18.2 Å². The van der Waals surface area contributed by atoms with Crippen LogP contribution in [0.1, 0.15) is 20.8 Å². The zero-order valence-corrected chi connectivity index (χ0v) is 9.41. The van der Waals surface area contributed by atoms with Gasteiger partial charge in [0.15, 0.2) is 0 Å². The molecule has 1 fully saturated rings. The summed E-state index contributed by atoms with van der Waals surface area (Å²) in [4.78, 5) is 13.7. The second-order valence-corrected chi connectivity index (χ2v) is 4.01. The van der Waals surface area contributed by atoms with Crippen LogP contribution in [0, 0.1) is 0 Å². The van der Waals surface area contributed by atoms with Gasteiger partial charge in [-0.05, 0) is 27.8 Å². The fourth-order valence-electron chi connectivity index (χ4n) is 1.76. The van der Waals surface area contributed by atoms with Gasteiger partial charge in [-0.25, -0.2) is 0 Å². The number of rotatable bonds is 2. The SMILES string of the molecule is CN[C@@H](C)C(=O)N1C[C@@H](C)O[C@@H](C)C1. The molecule has 0 aliphatic carbocycles. The number of hydrogen-bond acceptors (Lipinski definition) is 3. The summed E-state index contributed by atoms with van der Waals surface area (Å²) in [5.41, 5.74) is 0. The summed E-state index contributed by atoms with van der Waals surface area (Å²) < 4.78 is 5.57. The minimum absolute atomic E-state index is 0.104. The van der Waals surface area contributed by atoms with Crippen LogP contribution in [0.4, 0.5) is 0 Å². The average molecular weight is 200 g/mol. The number of likely N-dealkylation sites (N-methyl/N-ethyl adjacent to an activating group) is 1. The van der Waals surface area contributed by atoms with Crippen LogP contribution in [0.15, 0.2) is 0 Å². The van der Waals surface area contributed by atoms with Crippen molar-refractivity contribution in [3.05, 3.63) is 0 Å². The van der Waals surface area contributed by atoms with Gasteiger partial charge in [0.1, 0.15) is 0 Å².